The van der Waals surface area contributed by atoms with Crippen molar-refractivity contribution in [2.45, 2.75) is 0 Å². The van der Waals surface area contributed by atoms with Gasteiger partial charge in [-0.1, -0.05) is 6.07 Å². The summed E-state index contributed by atoms with van der Waals surface area (Å²) in [5, 5.41) is 17.0. The third kappa shape index (κ3) is 2.94. The maximum atomic E-state index is 10.4. The molecule has 1 rings (SSSR count). The quantitative estimate of drug-likeness (QED) is 0.511. The second-order valence-electron chi connectivity index (χ2n) is 2.19. The van der Waals surface area contributed by atoms with Gasteiger partial charge < -0.3 is 10.2 Å². The Bertz CT molecular complexity index is 305. The molecule has 0 aliphatic carbocycles. The molecule has 0 aliphatic heterocycles. The summed E-state index contributed by atoms with van der Waals surface area (Å²) in [6, 6.07) is 5.20. The van der Waals surface area contributed by atoms with Crippen molar-refractivity contribution < 1.29 is 38.7 Å². The molecule has 0 fully saturated rings. The maximum Gasteiger partial charge on any atom is 1.00 e. The van der Waals surface area contributed by atoms with Gasteiger partial charge in [0.1, 0.15) is 0 Å². The van der Waals surface area contributed by atoms with Gasteiger partial charge in [-0.2, -0.15) is 0 Å². The normalized spacial score (nSPS) is 8.62. The van der Waals surface area contributed by atoms with Crippen LogP contribution < -0.4 is 18.9 Å². The molecule has 0 spiro atoms. The van der Waals surface area contributed by atoms with E-state index < -0.39 is 11.9 Å². The number of carboxylic acid groups (broad SMARTS) is 2. The summed E-state index contributed by atoms with van der Waals surface area (Å²) in [5.74, 6) is -2.25. The second kappa shape index (κ2) is 4.70. The summed E-state index contributed by atoms with van der Waals surface area (Å²) >= 11 is 0. The van der Waals surface area contributed by atoms with Gasteiger partial charge in [0.2, 0.25) is 0 Å². The molecule has 4 nitrogen and oxygen atoms in total. The van der Waals surface area contributed by atoms with Gasteiger partial charge >= 0.3 is 30.8 Å². The molecule has 0 aliphatic rings. The smallest absolute Gasteiger partial charge is 0.478 e. The first-order chi connectivity index (χ1) is 5.61. The summed E-state index contributed by atoms with van der Waals surface area (Å²) in [5.41, 5.74) is -0.0372. The van der Waals surface area contributed by atoms with Crippen LogP contribution in [0.5, 0.6) is 0 Å². The van der Waals surface area contributed by atoms with Crippen molar-refractivity contribution in [3.05, 3.63) is 35.4 Å². The molecule has 1 aromatic carbocycles. The van der Waals surface area contributed by atoms with Gasteiger partial charge in [0.25, 0.3) is 0 Å². The Hall–Kier alpha value is -1.24. The van der Waals surface area contributed by atoms with Crippen molar-refractivity contribution in [2.75, 3.05) is 0 Å². The van der Waals surface area contributed by atoms with Crippen LogP contribution in [0.4, 0.5) is 0 Å². The van der Waals surface area contributed by atoms with Gasteiger partial charge in [-0.25, -0.2) is 9.59 Å². The van der Waals surface area contributed by atoms with E-state index in [4.69, 9.17) is 10.2 Å². The number of aromatic carboxylic acids is 2. The summed E-state index contributed by atoms with van der Waals surface area (Å²) in [7, 11) is 0. The Labute approximate surface area is 86.4 Å². The summed E-state index contributed by atoms with van der Waals surface area (Å²) in [6.07, 6.45) is 0. The monoisotopic (exact) mass is 173 g/mol. The zero-order valence-corrected chi connectivity index (χ0v) is 7.02. The van der Waals surface area contributed by atoms with Crippen molar-refractivity contribution in [3.8, 4) is 0 Å². The van der Waals surface area contributed by atoms with Crippen LogP contribution in [-0.2, 0) is 0 Å². The van der Waals surface area contributed by atoms with Crippen LogP contribution in [0.3, 0.4) is 0 Å². The molecule has 1 aromatic rings. The Morgan fingerprint density at radius 3 is 1.69 bits per heavy atom. The number of benzene rings is 1. The minimum Gasteiger partial charge on any atom is -0.478 e. The standard InChI is InChI=1S/C8H6O4.Li/c9-7(10)5-2-1-3-6(4-5)8(11)12;/h1-4H,(H,9,10)(H,11,12);/q;+1. The number of carboxylic acids is 2. The van der Waals surface area contributed by atoms with E-state index in [0.29, 0.717) is 0 Å². The van der Waals surface area contributed by atoms with Gasteiger partial charge in [0.05, 0.1) is 11.1 Å². The van der Waals surface area contributed by atoms with E-state index in [0.717, 1.165) is 6.07 Å². The first-order valence-electron chi connectivity index (χ1n) is 3.18. The van der Waals surface area contributed by atoms with Crippen molar-refractivity contribution in [2.24, 2.45) is 0 Å². The topological polar surface area (TPSA) is 74.6 Å². The second-order valence-corrected chi connectivity index (χ2v) is 2.19. The van der Waals surface area contributed by atoms with Gasteiger partial charge in [-0.05, 0) is 18.2 Å². The number of carbonyl (C=O) groups is 2. The average Bonchev–Trinajstić information content (AvgIpc) is 2.04. The van der Waals surface area contributed by atoms with Crippen LogP contribution >= 0.6 is 0 Å². The van der Waals surface area contributed by atoms with E-state index in [1.807, 2.05) is 0 Å². The molecule has 13 heavy (non-hydrogen) atoms. The van der Waals surface area contributed by atoms with Gasteiger partial charge in [-0.15, -0.1) is 0 Å². The molecule has 0 bridgehead atoms. The summed E-state index contributed by atoms with van der Waals surface area (Å²) < 4.78 is 0. The summed E-state index contributed by atoms with van der Waals surface area (Å²) in [4.78, 5) is 20.8. The van der Waals surface area contributed by atoms with E-state index in [9.17, 15) is 9.59 Å². The fraction of sp³-hybridized carbons (Fsp3) is 0. The van der Waals surface area contributed by atoms with Crippen LogP contribution in [0.25, 0.3) is 0 Å². The van der Waals surface area contributed by atoms with Crippen molar-refractivity contribution in [1.82, 2.24) is 0 Å². The largest absolute Gasteiger partial charge is 1.00 e. The SMILES string of the molecule is O=C(O)c1cccc(C(=O)O)c1.[Li+]. The van der Waals surface area contributed by atoms with E-state index in [1.54, 1.807) is 0 Å². The fourth-order valence-corrected chi connectivity index (χ4v) is 0.785. The van der Waals surface area contributed by atoms with Gasteiger partial charge in [-0.3, -0.25) is 0 Å². The van der Waals surface area contributed by atoms with E-state index >= 15 is 0 Å². The van der Waals surface area contributed by atoms with Gasteiger partial charge in [0.15, 0.2) is 0 Å². The van der Waals surface area contributed by atoms with Crippen LogP contribution in [0.15, 0.2) is 24.3 Å². The third-order valence-corrected chi connectivity index (χ3v) is 1.36. The minimum atomic E-state index is -1.13. The van der Waals surface area contributed by atoms with E-state index in [1.165, 1.54) is 18.2 Å². The van der Waals surface area contributed by atoms with Crippen LogP contribution in [0, 0.1) is 0 Å². The number of hydrogen-bond donors (Lipinski definition) is 2. The molecule has 62 valence electrons. The molecule has 0 amide bonds. The first-order valence-corrected chi connectivity index (χ1v) is 3.18. The molecule has 0 radical (unpaired) electrons. The van der Waals surface area contributed by atoms with Gasteiger partial charge in [0, 0.05) is 0 Å². The number of rotatable bonds is 2. The Kier molecular flexibility index (Phi) is 4.25. The molecule has 0 unspecified atom stereocenters. The van der Waals surface area contributed by atoms with E-state index in [-0.39, 0.29) is 30.0 Å². The zero-order chi connectivity index (χ0) is 9.14. The molecular weight excluding hydrogens is 167 g/mol. The Balaban J connectivity index is 0.00000144. The third-order valence-electron chi connectivity index (χ3n) is 1.36. The van der Waals surface area contributed by atoms with Crippen LogP contribution in [0.1, 0.15) is 20.7 Å². The molecule has 0 atom stereocenters. The fourth-order valence-electron chi connectivity index (χ4n) is 0.785. The number of hydrogen-bond acceptors (Lipinski definition) is 2. The molecule has 2 N–H and O–H groups in total. The predicted molar refractivity (Wildman–Crippen MR) is 40.4 cm³/mol. The molecule has 0 saturated carbocycles. The Morgan fingerprint density at radius 1 is 1.00 bits per heavy atom. The predicted octanol–water partition coefficient (Wildman–Crippen LogP) is -1.91. The maximum absolute atomic E-state index is 10.4. The first kappa shape index (κ1) is 11.8. The molecule has 0 saturated heterocycles. The van der Waals surface area contributed by atoms with Crippen molar-refractivity contribution in [3.63, 3.8) is 0 Å². The molecule has 5 heteroatoms. The van der Waals surface area contributed by atoms with Crippen molar-refractivity contribution >= 4 is 11.9 Å². The van der Waals surface area contributed by atoms with Crippen LogP contribution in [0.2, 0.25) is 0 Å². The summed E-state index contributed by atoms with van der Waals surface area (Å²) in [6.45, 7) is 0. The van der Waals surface area contributed by atoms with Crippen molar-refractivity contribution in [1.29, 1.82) is 0 Å². The molecule has 0 aromatic heterocycles. The zero-order valence-electron chi connectivity index (χ0n) is 7.02. The molecule has 0 heterocycles. The Morgan fingerprint density at radius 2 is 1.38 bits per heavy atom. The van der Waals surface area contributed by atoms with Crippen LogP contribution in [-0.4, -0.2) is 22.2 Å². The average molecular weight is 173 g/mol. The minimum absolute atomic E-state index is 0. The molecular formula is C8H6LiO4+. The van der Waals surface area contributed by atoms with E-state index in [2.05, 4.69) is 0 Å².